The highest BCUT2D eigenvalue weighted by Gasteiger charge is 2.35. The van der Waals surface area contributed by atoms with Crippen LogP contribution < -0.4 is 5.73 Å². The van der Waals surface area contributed by atoms with E-state index in [2.05, 4.69) is 9.80 Å². The number of nitrogens with zero attached hydrogens (tertiary/aromatic N) is 2. The summed E-state index contributed by atoms with van der Waals surface area (Å²) >= 11 is 0. The molecule has 3 atom stereocenters. The van der Waals surface area contributed by atoms with Crippen LogP contribution >= 0.6 is 0 Å². The highest BCUT2D eigenvalue weighted by molar-refractivity contribution is 5.79. The molecule has 0 aromatic rings. The predicted octanol–water partition coefficient (Wildman–Crippen LogP) is 1.20. The summed E-state index contributed by atoms with van der Waals surface area (Å²) in [6.07, 6.45) is 8.02. The van der Waals surface area contributed by atoms with Crippen molar-refractivity contribution in [3.8, 4) is 0 Å². The minimum Gasteiger partial charge on any atom is -0.341 e. The van der Waals surface area contributed by atoms with Crippen LogP contribution in [-0.4, -0.2) is 54.0 Å². The summed E-state index contributed by atoms with van der Waals surface area (Å²) in [5.74, 6) is 0.595. The Labute approximate surface area is 116 Å². The molecule has 0 bridgehead atoms. The number of amides is 1. The zero-order valence-corrected chi connectivity index (χ0v) is 11.9. The monoisotopic (exact) mass is 265 g/mol. The molecule has 3 aliphatic rings. The van der Waals surface area contributed by atoms with E-state index in [1.807, 2.05) is 0 Å². The number of likely N-dealkylation sites (tertiary alicyclic amines) is 2. The van der Waals surface area contributed by atoms with Crippen LogP contribution in [-0.2, 0) is 4.79 Å². The van der Waals surface area contributed by atoms with Crippen molar-refractivity contribution in [3.63, 3.8) is 0 Å². The van der Waals surface area contributed by atoms with Crippen molar-refractivity contribution in [2.24, 2.45) is 11.7 Å². The SMILES string of the molecule is NC1CCCC(C(=O)N2CCC(N3CCCC3)C2)C1. The average Bonchev–Trinajstić information content (AvgIpc) is 3.08. The summed E-state index contributed by atoms with van der Waals surface area (Å²) in [6, 6.07) is 0.878. The molecule has 0 spiro atoms. The molecule has 19 heavy (non-hydrogen) atoms. The molecule has 108 valence electrons. The Hall–Kier alpha value is -0.610. The fraction of sp³-hybridized carbons (Fsp3) is 0.933. The largest absolute Gasteiger partial charge is 0.341 e. The number of carbonyl (C=O) groups excluding carboxylic acids is 1. The minimum absolute atomic E-state index is 0.209. The summed E-state index contributed by atoms with van der Waals surface area (Å²) in [6.45, 7) is 4.40. The lowest BCUT2D eigenvalue weighted by Crippen LogP contribution is -2.41. The average molecular weight is 265 g/mol. The molecule has 3 unspecified atom stereocenters. The quantitative estimate of drug-likeness (QED) is 0.816. The third-order valence-corrected chi connectivity index (χ3v) is 5.20. The number of carbonyl (C=O) groups is 1. The molecule has 0 aromatic heterocycles. The number of rotatable bonds is 2. The maximum absolute atomic E-state index is 12.6. The van der Waals surface area contributed by atoms with E-state index in [0.29, 0.717) is 11.9 Å². The van der Waals surface area contributed by atoms with Gasteiger partial charge in [0.2, 0.25) is 5.91 Å². The summed E-state index contributed by atoms with van der Waals surface area (Å²) in [4.78, 5) is 17.3. The Kier molecular flexibility index (Phi) is 4.08. The minimum atomic E-state index is 0.209. The van der Waals surface area contributed by atoms with Crippen molar-refractivity contribution in [2.45, 2.75) is 57.0 Å². The lowest BCUT2D eigenvalue weighted by molar-refractivity contribution is -0.135. The van der Waals surface area contributed by atoms with Gasteiger partial charge < -0.3 is 10.6 Å². The third kappa shape index (κ3) is 2.95. The van der Waals surface area contributed by atoms with Crippen molar-refractivity contribution in [1.29, 1.82) is 0 Å². The van der Waals surface area contributed by atoms with Gasteiger partial charge in [-0.3, -0.25) is 9.69 Å². The molecule has 1 aliphatic carbocycles. The Morgan fingerprint density at radius 2 is 1.79 bits per heavy atom. The molecule has 2 N–H and O–H groups in total. The zero-order chi connectivity index (χ0) is 13.2. The van der Waals surface area contributed by atoms with Crippen LogP contribution in [0, 0.1) is 5.92 Å². The second-order valence-electron chi connectivity index (χ2n) is 6.59. The van der Waals surface area contributed by atoms with E-state index in [0.717, 1.165) is 38.8 Å². The van der Waals surface area contributed by atoms with E-state index >= 15 is 0 Å². The van der Waals surface area contributed by atoms with E-state index in [4.69, 9.17) is 5.73 Å². The second kappa shape index (κ2) is 5.80. The van der Waals surface area contributed by atoms with Crippen molar-refractivity contribution in [2.75, 3.05) is 26.2 Å². The lowest BCUT2D eigenvalue weighted by atomic mass is 9.85. The highest BCUT2D eigenvalue weighted by atomic mass is 16.2. The molecule has 2 saturated heterocycles. The molecule has 4 heteroatoms. The molecular formula is C15H27N3O. The molecule has 2 aliphatic heterocycles. The highest BCUT2D eigenvalue weighted by Crippen LogP contribution is 2.28. The van der Waals surface area contributed by atoms with E-state index < -0.39 is 0 Å². The first-order valence-electron chi connectivity index (χ1n) is 8.02. The normalized spacial score (nSPS) is 36.9. The van der Waals surface area contributed by atoms with Crippen LogP contribution in [0.15, 0.2) is 0 Å². The Bertz CT molecular complexity index is 327. The van der Waals surface area contributed by atoms with Gasteiger partial charge in [0.15, 0.2) is 0 Å². The van der Waals surface area contributed by atoms with Gasteiger partial charge in [0, 0.05) is 31.1 Å². The van der Waals surface area contributed by atoms with E-state index in [1.54, 1.807) is 0 Å². The maximum Gasteiger partial charge on any atom is 0.225 e. The van der Waals surface area contributed by atoms with Crippen LogP contribution in [0.3, 0.4) is 0 Å². The maximum atomic E-state index is 12.6. The lowest BCUT2D eigenvalue weighted by Gasteiger charge is -2.30. The molecular weight excluding hydrogens is 238 g/mol. The van der Waals surface area contributed by atoms with E-state index in [1.165, 1.54) is 32.4 Å². The Balaban J connectivity index is 1.53. The molecule has 0 aromatic carbocycles. The van der Waals surface area contributed by atoms with Gasteiger partial charge in [-0.15, -0.1) is 0 Å². The van der Waals surface area contributed by atoms with Gasteiger partial charge in [-0.05, 0) is 51.6 Å². The summed E-state index contributed by atoms with van der Waals surface area (Å²) in [7, 11) is 0. The fourth-order valence-electron chi connectivity index (χ4n) is 4.06. The summed E-state index contributed by atoms with van der Waals surface area (Å²) < 4.78 is 0. The van der Waals surface area contributed by atoms with E-state index in [9.17, 15) is 4.79 Å². The Morgan fingerprint density at radius 3 is 2.53 bits per heavy atom. The van der Waals surface area contributed by atoms with Gasteiger partial charge in [-0.2, -0.15) is 0 Å². The second-order valence-corrected chi connectivity index (χ2v) is 6.59. The molecule has 2 heterocycles. The molecule has 3 fully saturated rings. The first-order valence-corrected chi connectivity index (χ1v) is 8.02. The van der Waals surface area contributed by atoms with Crippen LogP contribution in [0.4, 0.5) is 0 Å². The van der Waals surface area contributed by atoms with E-state index in [-0.39, 0.29) is 12.0 Å². The van der Waals surface area contributed by atoms with Crippen molar-refractivity contribution < 1.29 is 4.79 Å². The van der Waals surface area contributed by atoms with Crippen molar-refractivity contribution in [1.82, 2.24) is 9.80 Å². The van der Waals surface area contributed by atoms with Crippen LogP contribution in [0.2, 0.25) is 0 Å². The van der Waals surface area contributed by atoms with Gasteiger partial charge in [0.1, 0.15) is 0 Å². The van der Waals surface area contributed by atoms with Gasteiger partial charge in [0.05, 0.1) is 0 Å². The van der Waals surface area contributed by atoms with Gasteiger partial charge in [-0.25, -0.2) is 0 Å². The van der Waals surface area contributed by atoms with Gasteiger partial charge in [0.25, 0.3) is 0 Å². The van der Waals surface area contributed by atoms with Crippen LogP contribution in [0.1, 0.15) is 44.9 Å². The first kappa shape index (κ1) is 13.4. The van der Waals surface area contributed by atoms with Gasteiger partial charge >= 0.3 is 0 Å². The Morgan fingerprint density at radius 1 is 1.00 bits per heavy atom. The number of nitrogens with two attached hydrogens (primary N) is 1. The molecule has 1 amide bonds. The number of hydrogen-bond donors (Lipinski definition) is 1. The standard InChI is InChI=1S/C15H27N3O/c16-13-5-3-4-12(10-13)15(19)18-9-6-14(11-18)17-7-1-2-8-17/h12-14H,1-11,16H2. The first-order chi connectivity index (χ1) is 9.24. The molecule has 0 radical (unpaired) electrons. The molecule has 4 nitrogen and oxygen atoms in total. The fourth-order valence-corrected chi connectivity index (χ4v) is 4.06. The third-order valence-electron chi connectivity index (χ3n) is 5.20. The zero-order valence-electron chi connectivity index (χ0n) is 11.9. The molecule has 1 saturated carbocycles. The summed E-state index contributed by atoms with van der Waals surface area (Å²) in [5.41, 5.74) is 6.01. The smallest absolute Gasteiger partial charge is 0.225 e. The topological polar surface area (TPSA) is 49.6 Å². The van der Waals surface area contributed by atoms with Crippen LogP contribution in [0.5, 0.6) is 0 Å². The molecule has 3 rings (SSSR count). The number of hydrogen-bond acceptors (Lipinski definition) is 3. The summed E-state index contributed by atoms with van der Waals surface area (Å²) in [5, 5.41) is 0. The van der Waals surface area contributed by atoms with Crippen molar-refractivity contribution in [3.05, 3.63) is 0 Å². The van der Waals surface area contributed by atoms with Crippen LogP contribution in [0.25, 0.3) is 0 Å². The predicted molar refractivity (Wildman–Crippen MR) is 75.7 cm³/mol. The van der Waals surface area contributed by atoms with Crippen molar-refractivity contribution >= 4 is 5.91 Å². The van der Waals surface area contributed by atoms with Gasteiger partial charge in [-0.1, -0.05) is 6.42 Å².